The van der Waals surface area contributed by atoms with Gasteiger partial charge in [-0.2, -0.15) is 20.7 Å². The number of aromatic nitrogens is 4. The standard InChI is InChI=1S/C21H15ClF3N7O3/c1-32-7-12(15(22)16(32)18(34)28-11-2-3-13(23)10(4-11)5-26)17(33)19(35)29-20(8-21(24,25)9-20)14-6-27-31-30-14/h2-4,6-7H,8-9H2,1H3,(H,28,34)(H,29,35)(H,27,30,31). The molecular weight excluding hydrogens is 491 g/mol. The minimum Gasteiger partial charge on any atom is -0.345 e. The largest absolute Gasteiger partial charge is 0.345 e. The molecule has 1 fully saturated rings. The molecule has 0 atom stereocenters. The number of aromatic amines is 1. The van der Waals surface area contributed by atoms with E-state index >= 15 is 0 Å². The monoisotopic (exact) mass is 505 g/mol. The van der Waals surface area contributed by atoms with E-state index in [2.05, 4.69) is 26.0 Å². The van der Waals surface area contributed by atoms with Crippen molar-refractivity contribution >= 4 is 34.9 Å². The van der Waals surface area contributed by atoms with Gasteiger partial charge in [0.2, 0.25) is 0 Å². The highest BCUT2D eigenvalue weighted by Gasteiger charge is 2.60. The van der Waals surface area contributed by atoms with Crippen LogP contribution < -0.4 is 10.6 Å². The number of benzene rings is 1. The fourth-order valence-electron chi connectivity index (χ4n) is 3.89. The van der Waals surface area contributed by atoms with Crippen LogP contribution in [-0.2, 0) is 17.4 Å². The number of rotatable bonds is 6. The molecule has 2 amide bonds. The molecule has 1 aliphatic carbocycles. The maximum absolute atomic E-state index is 13.7. The Morgan fingerprint density at radius 2 is 2.00 bits per heavy atom. The van der Waals surface area contributed by atoms with Gasteiger partial charge in [-0.25, -0.2) is 13.2 Å². The molecule has 0 spiro atoms. The number of nitriles is 1. The number of ketones is 1. The topological polar surface area (TPSA) is 146 Å². The summed E-state index contributed by atoms with van der Waals surface area (Å²) < 4.78 is 42.0. The molecular formula is C21H15ClF3N7O3. The van der Waals surface area contributed by atoms with Gasteiger partial charge in [0.1, 0.15) is 23.3 Å². The van der Waals surface area contributed by atoms with Crippen molar-refractivity contribution < 1.29 is 27.6 Å². The van der Waals surface area contributed by atoms with E-state index < -0.39 is 47.7 Å². The van der Waals surface area contributed by atoms with Crippen LogP contribution in [0.25, 0.3) is 0 Å². The minimum atomic E-state index is -3.06. The van der Waals surface area contributed by atoms with E-state index in [1.807, 2.05) is 0 Å². The number of nitrogens with zero attached hydrogens (tertiary/aromatic N) is 4. The Balaban J connectivity index is 1.55. The lowest BCUT2D eigenvalue weighted by atomic mass is 9.71. The van der Waals surface area contributed by atoms with Crippen LogP contribution in [0.5, 0.6) is 0 Å². The number of carbonyl (C=O) groups is 3. The lowest BCUT2D eigenvalue weighted by Gasteiger charge is -2.46. The van der Waals surface area contributed by atoms with Gasteiger partial charge in [-0.05, 0) is 18.2 Å². The number of Topliss-reactive ketones (excluding diaryl/α,β-unsaturated/α-hetero) is 1. The molecule has 2 aromatic heterocycles. The molecule has 1 aliphatic rings. The van der Waals surface area contributed by atoms with Gasteiger partial charge in [0.25, 0.3) is 23.5 Å². The number of nitrogens with one attached hydrogen (secondary N) is 3. The summed E-state index contributed by atoms with van der Waals surface area (Å²) in [4.78, 5) is 38.3. The van der Waals surface area contributed by atoms with Crippen molar-refractivity contribution in [3.8, 4) is 6.07 Å². The van der Waals surface area contributed by atoms with E-state index in [0.29, 0.717) is 0 Å². The van der Waals surface area contributed by atoms with Gasteiger partial charge in [-0.3, -0.25) is 14.4 Å². The van der Waals surface area contributed by atoms with E-state index in [1.54, 1.807) is 6.07 Å². The SMILES string of the molecule is Cn1cc(C(=O)C(=O)NC2(c3cn[nH]n3)CC(F)(F)C2)c(Cl)c1C(=O)Nc1ccc(F)c(C#N)c1. The van der Waals surface area contributed by atoms with Gasteiger partial charge in [-0.1, -0.05) is 11.6 Å². The number of aryl methyl sites for hydroxylation is 1. The van der Waals surface area contributed by atoms with Gasteiger partial charge in [0.05, 0.1) is 27.9 Å². The summed E-state index contributed by atoms with van der Waals surface area (Å²) in [6.07, 6.45) is 0.766. The van der Waals surface area contributed by atoms with Crippen molar-refractivity contribution in [3.05, 3.63) is 63.9 Å². The number of H-pyrrole nitrogens is 1. The summed E-state index contributed by atoms with van der Waals surface area (Å²) in [5.41, 5.74) is -2.29. The van der Waals surface area contributed by atoms with Gasteiger partial charge >= 0.3 is 0 Å². The summed E-state index contributed by atoms with van der Waals surface area (Å²) in [6.45, 7) is 0. The molecule has 180 valence electrons. The predicted molar refractivity (Wildman–Crippen MR) is 114 cm³/mol. The quantitative estimate of drug-likeness (QED) is 0.347. The zero-order valence-electron chi connectivity index (χ0n) is 17.8. The fourth-order valence-corrected chi connectivity index (χ4v) is 4.24. The Labute approximate surface area is 200 Å². The van der Waals surface area contributed by atoms with Gasteiger partial charge in [0, 0.05) is 31.8 Å². The maximum Gasteiger partial charge on any atom is 0.293 e. The van der Waals surface area contributed by atoms with Crippen molar-refractivity contribution in [1.82, 2.24) is 25.3 Å². The first-order valence-electron chi connectivity index (χ1n) is 9.93. The first kappa shape index (κ1) is 24.0. The number of carbonyl (C=O) groups excluding carboxylic acids is 3. The Hall–Kier alpha value is -4.18. The molecule has 1 aromatic carbocycles. The average Bonchev–Trinajstić information content (AvgIpc) is 3.41. The van der Waals surface area contributed by atoms with Crippen molar-refractivity contribution in [2.45, 2.75) is 24.3 Å². The lowest BCUT2D eigenvalue weighted by molar-refractivity contribution is -0.148. The Kier molecular flexibility index (Phi) is 5.85. The van der Waals surface area contributed by atoms with Crippen molar-refractivity contribution in [3.63, 3.8) is 0 Å². The molecule has 4 rings (SSSR count). The van der Waals surface area contributed by atoms with E-state index in [-0.39, 0.29) is 33.2 Å². The molecule has 0 radical (unpaired) electrons. The number of hydrogen-bond acceptors (Lipinski definition) is 6. The predicted octanol–water partition coefficient (Wildman–Crippen LogP) is 2.68. The van der Waals surface area contributed by atoms with Crippen LogP contribution in [0, 0.1) is 17.1 Å². The van der Waals surface area contributed by atoms with Crippen LogP contribution in [-0.4, -0.2) is 43.5 Å². The number of hydrogen-bond donors (Lipinski definition) is 3. The van der Waals surface area contributed by atoms with Gasteiger partial charge < -0.3 is 15.2 Å². The molecule has 0 bridgehead atoms. The summed E-state index contributed by atoms with van der Waals surface area (Å²) >= 11 is 6.24. The summed E-state index contributed by atoms with van der Waals surface area (Å²) in [5.74, 6) is -7.01. The Morgan fingerprint density at radius 3 is 2.60 bits per heavy atom. The molecule has 2 heterocycles. The Bertz CT molecular complexity index is 1390. The van der Waals surface area contributed by atoms with Crippen LogP contribution in [0.1, 0.15) is 44.9 Å². The molecule has 14 heteroatoms. The van der Waals surface area contributed by atoms with Crippen molar-refractivity contribution in [2.24, 2.45) is 7.05 Å². The smallest absolute Gasteiger partial charge is 0.293 e. The second-order valence-electron chi connectivity index (χ2n) is 8.01. The number of anilines is 1. The summed E-state index contributed by atoms with van der Waals surface area (Å²) in [5, 5.41) is 22.9. The highest BCUT2D eigenvalue weighted by atomic mass is 35.5. The molecule has 0 unspecified atom stereocenters. The third-order valence-corrected chi connectivity index (χ3v) is 5.89. The highest BCUT2D eigenvalue weighted by Crippen LogP contribution is 2.51. The molecule has 0 aliphatic heterocycles. The van der Waals surface area contributed by atoms with Crippen molar-refractivity contribution in [2.75, 3.05) is 5.32 Å². The third kappa shape index (κ3) is 4.35. The van der Waals surface area contributed by atoms with E-state index in [0.717, 1.165) is 18.3 Å². The van der Waals surface area contributed by atoms with Crippen LogP contribution in [0.15, 0.2) is 30.6 Å². The van der Waals surface area contributed by atoms with Crippen LogP contribution in [0.3, 0.4) is 0 Å². The average molecular weight is 506 g/mol. The van der Waals surface area contributed by atoms with E-state index in [4.69, 9.17) is 16.9 Å². The first-order chi connectivity index (χ1) is 16.5. The number of amides is 2. The summed E-state index contributed by atoms with van der Waals surface area (Å²) in [7, 11) is 1.39. The molecule has 1 saturated carbocycles. The number of alkyl halides is 2. The first-order valence-corrected chi connectivity index (χ1v) is 10.3. The Morgan fingerprint density at radius 1 is 1.29 bits per heavy atom. The molecule has 3 aromatic rings. The summed E-state index contributed by atoms with van der Waals surface area (Å²) in [6, 6.07) is 4.97. The molecule has 10 nitrogen and oxygen atoms in total. The van der Waals surface area contributed by atoms with Crippen LogP contribution in [0.2, 0.25) is 5.02 Å². The highest BCUT2D eigenvalue weighted by molar-refractivity contribution is 6.48. The number of halogens is 4. The zero-order valence-corrected chi connectivity index (χ0v) is 18.6. The zero-order chi connectivity index (χ0) is 25.5. The van der Waals surface area contributed by atoms with E-state index in [9.17, 15) is 27.6 Å². The van der Waals surface area contributed by atoms with Crippen molar-refractivity contribution in [1.29, 1.82) is 5.26 Å². The fraction of sp³-hybridized carbons (Fsp3) is 0.238. The van der Waals surface area contributed by atoms with Gasteiger partial charge in [-0.15, -0.1) is 0 Å². The lowest BCUT2D eigenvalue weighted by Crippen LogP contribution is -2.61. The van der Waals surface area contributed by atoms with Gasteiger partial charge in [0.15, 0.2) is 0 Å². The second kappa shape index (κ2) is 8.55. The molecule has 3 N–H and O–H groups in total. The molecule has 0 saturated heterocycles. The second-order valence-corrected chi connectivity index (χ2v) is 8.38. The minimum absolute atomic E-state index is 0.0415. The molecule has 35 heavy (non-hydrogen) atoms. The third-order valence-electron chi connectivity index (χ3n) is 5.51. The van der Waals surface area contributed by atoms with E-state index in [1.165, 1.54) is 23.9 Å². The normalized spacial score (nSPS) is 15.5. The van der Waals surface area contributed by atoms with Crippen LogP contribution >= 0.6 is 11.6 Å². The maximum atomic E-state index is 13.7. The van der Waals surface area contributed by atoms with Crippen LogP contribution in [0.4, 0.5) is 18.9 Å².